The zero-order valence-electron chi connectivity index (χ0n) is 17.6. The topological polar surface area (TPSA) is 65.6 Å². The van der Waals surface area contributed by atoms with Gasteiger partial charge in [0.15, 0.2) is 5.11 Å². The lowest BCUT2D eigenvalue weighted by atomic mass is 10.2. The Morgan fingerprint density at radius 2 is 1.57 bits per heavy atom. The van der Waals surface area contributed by atoms with Crippen LogP contribution in [0.15, 0.2) is 42.5 Å². The van der Waals surface area contributed by atoms with E-state index in [1.807, 2.05) is 24.3 Å². The van der Waals surface area contributed by atoms with Gasteiger partial charge >= 0.3 is 0 Å². The van der Waals surface area contributed by atoms with Gasteiger partial charge in [-0.15, -0.1) is 0 Å². The van der Waals surface area contributed by atoms with Gasteiger partial charge in [0.05, 0.1) is 11.6 Å². The maximum Gasteiger partial charge on any atom is 0.221 e. The average molecular weight is 449 g/mol. The van der Waals surface area contributed by atoms with Crippen LogP contribution in [0.1, 0.15) is 27.2 Å². The summed E-state index contributed by atoms with van der Waals surface area (Å²) in [4.78, 5) is 13.4. The van der Waals surface area contributed by atoms with Crippen molar-refractivity contribution in [2.75, 3.05) is 42.2 Å². The van der Waals surface area contributed by atoms with Crippen LogP contribution >= 0.6 is 23.8 Å². The average Bonchev–Trinajstić information content (AvgIpc) is 2.70. The fraction of sp³-hybridized carbons (Fsp3) is 0.364. The van der Waals surface area contributed by atoms with E-state index in [1.165, 1.54) is 6.92 Å². The summed E-state index contributed by atoms with van der Waals surface area (Å²) >= 11 is 11.7. The number of ether oxygens (including phenoxy) is 1. The summed E-state index contributed by atoms with van der Waals surface area (Å²) in [6.07, 6.45) is 0.951. The summed E-state index contributed by atoms with van der Waals surface area (Å²) in [7, 11) is 0. The minimum atomic E-state index is -0.110. The lowest BCUT2D eigenvalue weighted by Crippen LogP contribution is -2.25. The Bertz CT molecular complexity index is 842. The van der Waals surface area contributed by atoms with Crippen molar-refractivity contribution in [3.8, 4) is 5.75 Å². The van der Waals surface area contributed by atoms with Crippen LogP contribution in [0.3, 0.4) is 0 Å². The minimum absolute atomic E-state index is 0.110. The SMILES string of the molecule is CCN(CC)CCCOc1ccc(NC(=S)Nc2ccc(NC(C)=O)cc2)cc1Cl. The van der Waals surface area contributed by atoms with E-state index < -0.39 is 0 Å². The molecule has 0 spiro atoms. The quantitative estimate of drug-likeness (QED) is 0.342. The number of anilines is 3. The van der Waals surface area contributed by atoms with Crippen LogP contribution in [0.4, 0.5) is 17.1 Å². The number of benzene rings is 2. The molecule has 8 heteroatoms. The highest BCUT2D eigenvalue weighted by atomic mass is 35.5. The Balaban J connectivity index is 1.83. The van der Waals surface area contributed by atoms with Gasteiger partial charge in [-0.1, -0.05) is 25.4 Å². The molecule has 0 saturated heterocycles. The molecule has 30 heavy (non-hydrogen) atoms. The Morgan fingerprint density at radius 1 is 1.00 bits per heavy atom. The van der Waals surface area contributed by atoms with Crippen molar-refractivity contribution < 1.29 is 9.53 Å². The Hall–Kier alpha value is -2.35. The zero-order chi connectivity index (χ0) is 21.9. The van der Waals surface area contributed by atoms with Gasteiger partial charge in [-0.25, -0.2) is 0 Å². The molecule has 0 saturated carbocycles. The van der Waals surface area contributed by atoms with E-state index in [0.29, 0.717) is 22.5 Å². The van der Waals surface area contributed by atoms with Crippen LogP contribution in [0.2, 0.25) is 5.02 Å². The molecule has 3 N–H and O–H groups in total. The highest BCUT2D eigenvalue weighted by molar-refractivity contribution is 7.80. The fourth-order valence-electron chi connectivity index (χ4n) is 2.84. The smallest absolute Gasteiger partial charge is 0.221 e. The number of amides is 1. The van der Waals surface area contributed by atoms with Crippen molar-refractivity contribution in [3.05, 3.63) is 47.5 Å². The van der Waals surface area contributed by atoms with Crippen LogP contribution in [0.5, 0.6) is 5.75 Å². The Morgan fingerprint density at radius 3 is 2.13 bits per heavy atom. The van der Waals surface area contributed by atoms with E-state index in [-0.39, 0.29) is 5.91 Å². The molecule has 6 nitrogen and oxygen atoms in total. The summed E-state index contributed by atoms with van der Waals surface area (Å²) in [6, 6.07) is 12.8. The molecule has 0 aliphatic heterocycles. The van der Waals surface area contributed by atoms with Gasteiger partial charge in [-0.2, -0.15) is 0 Å². The number of nitrogens with one attached hydrogen (secondary N) is 3. The number of nitrogens with zero attached hydrogens (tertiary/aromatic N) is 1. The predicted molar refractivity (Wildman–Crippen MR) is 130 cm³/mol. The summed E-state index contributed by atoms with van der Waals surface area (Å²) in [5, 5.41) is 9.89. The van der Waals surface area contributed by atoms with Crippen LogP contribution in [-0.2, 0) is 4.79 Å². The maximum atomic E-state index is 11.1. The van der Waals surface area contributed by atoms with Crippen LogP contribution < -0.4 is 20.7 Å². The van der Waals surface area contributed by atoms with Gasteiger partial charge in [0.25, 0.3) is 0 Å². The van der Waals surface area contributed by atoms with Gasteiger partial charge < -0.3 is 25.6 Å². The highest BCUT2D eigenvalue weighted by Crippen LogP contribution is 2.28. The van der Waals surface area contributed by atoms with E-state index in [1.54, 1.807) is 18.2 Å². The van der Waals surface area contributed by atoms with Crippen molar-refractivity contribution >= 4 is 51.9 Å². The second-order valence-electron chi connectivity index (χ2n) is 6.71. The van der Waals surface area contributed by atoms with Gasteiger partial charge in [-0.3, -0.25) is 4.79 Å². The summed E-state index contributed by atoms with van der Waals surface area (Å²) < 4.78 is 5.81. The molecule has 0 atom stereocenters. The van der Waals surface area contributed by atoms with Gasteiger partial charge in [-0.05, 0) is 74.2 Å². The number of rotatable bonds is 10. The lowest BCUT2D eigenvalue weighted by Gasteiger charge is -2.18. The molecule has 0 fully saturated rings. The standard InChI is InChI=1S/C22H29ClN4O2S/c1-4-27(5-2)13-6-14-29-21-12-11-19(15-20(21)23)26-22(30)25-18-9-7-17(8-10-18)24-16(3)28/h7-12,15H,4-6,13-14H2,1-3H3,(H,24,28)(H2,25,26,30). The third kappa shape index (κ3) is 8.18. The molecular weight excluding hydrogens is 420 g/mol. The third-order valence-electron chi connectivity index (χ3n) is 4.42. The number of hydrogen-bond donors (Lipinski definition) is 3. The third-order valence-corrected chi connectivity index (χ3v) is 4.92. The molecule has 0 aliphatic rings. The van der Waals surface area contributed by atoms with Crippen LogP contribution in [0, 0.1) is 0 Å². The van der Waals surface area contributed by atoms with E-state index in [9.17, 15) is 4.79 Å². The van der Waals surface area contributed by atoms with E-state index in [2.05, 4.69) is 34.7 Å². The molecule has 2 aromatic carbocycles. The first kappa shape index (κ1) is 23.9. The number of carbonyl (C=O) groups excluding carboxylic acids is 1. The molecule has 0 aromatic heterocycles. The highest BCUT2D eigenvalue weighted by Gasteiger charge is 2.06. The molecule has 0 aliphatic carbocycles. The lowest BCUT2D eigenvalue weighted by molar-refractivity contribution is -0.114. The Kier molecular flexibility index (Phi) is 9.86. The second-order valence-corrected chi connectivity index (χ2v) is 7.53. The Labute approximate surface area is 188 Å². The first-order valence-electron chi connectivity index (χ1n) is 10.0. The second kappa shape index (κ2) is 12.4. The number of thiocarbonyl (C=S) groups is 1. The molecule has 0 radical (unpaired) electrons. The maximum absolute atomic E-state index is 11.1. The minimum Gasteiger partial charge on any atom is -0.492 e. The molecular formula is C22H29ClN4O2S. The molecule has 1 amide bonds. The largest absolute Gasteiger partial charge is 0.492 e. The molecule has 0 unspecified atom stereocenters. The first-order chi connectivity index (χ1) is 14.4. The van der Waals surface area contributed by atoms with E-state index >= 15 is 0 Å². The monoisotopic (exact) mass is 448 g/mol. The summed E-state index contributed by atoms with van der Waals surface area (Å²) in [5.41, 5.74) is 2.30. The fourth-order valence-corrected chi connectivity index (χ4v) is 3.31. The predicted octanol–water partition coefficient (Wildman–Crippen LogP) is 5.22. The van der Waals surface area contributed by atoms with E-state index in [4.69, 9.17) is 28.6 Å². The first-order valence-corrected chi connectivity index (χ1v) is 10.8. The molecule has 162 valence electrons. The molecule has 2 aromatic rings. The van der Waals surface area contributed by atoms with Gasteiger partial charge in [0.1, 0.15) is 5.75 Å². The summed E-state index contributed by atoms with van der Waals surface area (Å²) in [6.45, 7) is 9.52. The summed E-state index contributed by atoms with van der Waals surface area (Å²) in [5.74, 6) is 0.551. The van der Waals surface area contributed by atoms with E-state index in [0.717, 1.165) is 43.1 Å². The molecule has 0 bridgehead atoms. The normalized spacial score (nSPS) is 10.6. The number of hydrogen-bond acceptors (Lipinski definition) is 4. The zero-order valence-corrected chi connectivity index (χ0v) is 19.2. The number of carbonyl (C=O) groups is 1. The van der Waals surface area contributed by atoms with Crippen molar-refractivity contribution in [1.29, 1.82) is 0 Å². The van der Waals surface area contributed by atoms with Crippen LogP contribution in [-0.4, -0.2) is 42.2 Å². The van der Waals surface area contributed by atoms with Crippen molar-refractivity contribution in [3.63, 3.8) is 0 Å². The van der Waals surface area contributed by atoms with Gasteiger partial charge in [0.2, 0.25) is 5.91 Å². The van der Waals surface area contributed by atoms with Crippen LogP contribution in [0.25, 0.3) is 0 Å². The molecule has 2 rings (SSSR count). The van der Waals surface area contributed by atoms with Crippen molar-refractivity contribution in [2.45, 2.75) is 27.2 Å². The van der Waals surface area contributed by atoms with Crippen molar-refractivity contribution in [2.24, 2.45) is 0 Å². The van der Waals surface area contributed by atoms with Crippen molar-refractivity contribution in [1.82, 2.24) is 4.90 Å². The molecule has 0 heterocycles. The van der Waals surface area contributed by atoms with Gasteiger partial charge in [0, 0.05) is 30.5 Å². The number of halogens is 1.